The van der Waals surface area contributed by atoms with Crippen molar-refractivity contribution in [3.63, 3.8) is 0 Å². The number of alkyl halides is 6. The predicted molar refractivity (Wildman–Crippen MR) is 111 cm³/mol. The van der Waals surface area contributed by atoms with Crippen LogP contribution in [-0.2, 0) is 22.5 Å². The third kappa shape index (κ3) is 6.34. The van der Waals surface area contributed by atoms with Crippen LogP contribution in [0, 0.1) is 0 Å². The monoisotopic (exact) mass is 501 g/mol. The first-order valence-corrected chi connectivity index (χ1v) is 11.3. The number of halogens is 6. The maximum atomic E-state index is 12.9. The van der Waals surface area contributed by atoms with Crippen LogP contribution < -0.4 is 15.9 Å². The van der Waals surface area contributed by atoms with E-state index in [-0.39, 0.29) is 29.6 Å². The number of hydrogen-bond donors (Lipinski definition) is 1. The van der Waals surface area contributed by atoms with Crippen molar-refractivity contribution >= 4 is 63.5 Å². The molecule has 0 aliphatic heterocycles. The minimum Gasteiger partial charge on any atom is -0.282 e. The van der Waals surface area contributed by atoms with Crippen molar-refractivity contribution in [1.29, 1.82) is 0 Å². The van der Waals surface area contributed by atoms with Crippen LogP contribution in [0.15, 0.2) is 77.7 Å². The van der Waals surface area contributed by atoms with Crippen LogP contribution in [0.2, 0.25) is 0 Å². The van der Waals surface area contributed by atoms with Crippen molar-refractivity contribution in [2.45, 2.75) is 17.2 Å². The Kier molecular flexibility index (Phi) is 8.24. The molecule has 0 bridgehead atoms. The molecule has 3 aromatic carbocycles. The molecule has 165 valence electrons. The molecular weight excluding hydrogens is 488 g/mol. The molecule has 1 N–H and O–H groups in total. The van der Waals surface area contributed by atoms with E-state index in [0.29, 0.717) is 15.9 Å². The van der Waals surface area contributed by atoms with Gasteiger partial charge in [-0.1, -0.05) is 36.4 Å². The molecule has 0 atom stereocenters. The summed E-state index contributed by atoms with van der Waals surface area (Å²) in [4.78, 5) is -0.434. The average Bonchev–Trinajstić information content (AvgIpc) is 2.67. The van der Waals surface area contributed by atoms with Crippen molar-refractivity contribution in [3.8, 4) is 0 Å². The Labute approximate surface area is 203 Å². The van der Waals surface area contributed by atoms with Gasteiger partial charge in [-0.2, -0.15) is 34.8 Å². The average molecular weight is 501 g/mol. The van der Waals surface area contributed by atoms with Gasteiger partial charge < -0.3 is 0 Å². The second kappa shape index (κ2) is 9.83. The quantitative estimate of drug-likeness (QED) is 0.251. The molecule has 0 fully saturated rings. The van der Waals surface area contributed by atoms with Gasteiger partial charge >= 0.3 is 12.4 Å². The molecule has 0 unspecified atom stereocenters. The maximum Gasteiger partial charge on any atom is 0.416 e. The second-order valence-corrected chi connectivity index (χ2v) is 10.0. The fourth-order valence-electron chi connectivity index (χ4n) is 2.83. The molecule has 3 nitrogen and oxygen atoms in total. The Bertz CT molecular complexity index is 1120. The van der Waals surface area contributed by atoms with Crippen LogP contribution in [0.3, 0.4) is 0 Å². The van der Waals surface area contributed by atoms with Crippen LogP contribution in [0.4, 0.5) is 26.3 Å². The molecule has 0 heterocycles. The maximum absolute atomic E-state index is 12.9. The molecule has 0 saturated heterocycles. The second-order valence-electron chi connectivity index (χ2n) is 6.40. The molecule has 12 heteroatoms. The van der Waals surface area contributed by atoms with Gasteiger partial charge in [0.05, 0.1) is 16.0 Å². The Morgan fingerprint density at radius 3 is 1.41 bits per heavy atom. The van der Waals surface area contributed by atoms with Gasteiger partial charge in [-0.3, -0.25) is 4.55 Å². The summed E-state index contributed by atoms with van der Waals surface area (Å²) in [5.74, 6) is 0. The summed E-state index contributed by atoms with van der Waals surface area (Å²) in [5, 5.41) is 1.04. The molecule has 1 radical (unpaired) electrons. The number of hydrogen-bond acceptors (Lipinski definition) is 2. The van der Waals surface area contributed by atoms with Crippen molar-refractivity contribution < 1.29 is 39.3 Å². The summed E-state index contributed by atoms with van der Waals surface area (Å²) in [6, 6.07) is 13.3. The molecule has 3 rings (SSSR count). The molecule has 0 spiro atoms. The zero-order chi connectivity index (χ0) is 23.0. The standard InChI is InChI=1S/C20H13F6O3PS.Na/c21-19(22,23)13-4-8-15(9-5-13)30(16-10-6-14(7-11-16)20(24,25)26)17-2-1-3-18(12-17)31(27,28)29;/h1-12H,(H,27,28,29);. The van der Waals surface area contributed by atoms with Crippen LogP contribution in [0.1, 0.15) is 11.1 Å². The molecular formula is C20H13F6NaO3PS. The van der Waals surface area contributed by atoms with Crippen LogP contribution in [0.25, 0.3) is 0 Å². The minimum absolute atomic E-state index is 0. The minimum atomic E-state index is -4.57. The smallest absolute Gasteiger partial charge is 0.282 e. The van der Waals surface area contributed by atoms with Crippen molar-refractivity contribution in [2.24, 2.45) is 0 Å². The van der Waals surface area contributed by atoms with Crippen LogP contribution in [-0.4, -0.2) is 42.5 Å². The van der Waals surface area contributed by atoms with Gasteiger partial charge in [0.2, 0.25) is 0 Å². The fourth-order valence-corrected chi connectivity index (χ4v) is 5.74. The fraction of sp³-hybridized carbons (Fsp3) is 0.100. The van der Waals surface area contributed by atoms with Crippen LogP contribution >= 0.6 is 7.92 Å². The number of benzene rings is 3. The predicted octanol–water partition coefficient (Wildman–Crippen LogP) is 4.35. The van der Waals surface area contributed by atoms with Gasteiger partial charge in [-0.25, -0.2) is 0 Å². The van der Waals surface area contributed by atoms with Gasteiger partial charge in [-0.05, 0) is 60.2 Å². The molecule has 0 amide bonds. The van der Waals surface area contributed by atoms with E-state index in [1.54, 1.807) is 0 Å². The SMILES string of the molecule is O=S(=O)(O)c1cccc(P(c2ccc(C(F)(F)F)cc2)c2ccc(C(F)(F)F)cc2)c1.[Na]. The topological polar surface area (TPSA) is 54.4 Å². The molecule has 0 aromatic heterocycles. The van der Waals surface area contributed by atoms with E-state index in [4.69, 9.17) is 0 Å². The Balaban J connectivity index is 0.00000363. The first-order chi connectivity index (χ1) is 14.3. The van der Waals surface area contributed by atoms with Gasteiger partial charge in [0.25, 0.3) is 10.1 Å². The van der Waals surface area contributed by atoms with E-state index in [1.807, 2.05) is 0 Å². The summed E-state index contributed by atoms with van der Waals surface area (Å²) < 4.78 is 110. The van der Waals surface area contributed by atoms with Crippen LogP contribution in [0.5, 0.6) is 0 Å². The first kappa shape index (κ1) is 26.8. The van der Waals surface area contributed by atoms with E-state index < -0.39 is 46.4 Å². The van der Waals surface area contributed by atoms with E-state index in [9.17, 15) is 39.3 Å². The summed E-state index contributed by atoms with van der Waals surface area (Å²) in [7, 11) is -6.28. The van der Waals surface area contributed by atoms with E-state index in [1.165, 1.54) is 36.4 Å². The van der Waals surface area contributed by atoms with E-state index in [2.05, 4.69) is 0 Å². The van der Waals surface area contributed by atoms with Crippen molar-refractivity contribution in [2.75, 3.05) is 0 Å². The zero-order valence-corrected chi connectivity index (χ0v) is 20.0. The summed E-state index contributed by atoms with van der Waals surface area (Å²) >= 11 is 0. The first-order valence-electron chi connectivity index (χ1n) is 8.49. The third-order valence-electron chi connectivity index (χ3n) is 4.28. The third-order valence-corrected chi connectivity index (χ3v) is 7.55. The summed E-state index contributed by atoms with van der Waals surface area (Å²) in [6.45, 7) is 0. The van der Waals surface area contributed by atoms with Gasteiger partial charge in [0, 0.05) is 29.6 Å². The molecule has 0 saturated carbocycles. The van der Waals surface area contributed by atoms with E-state index in [0.717, 1.165) is 36.4 Å². The summed E-state index contributed by atoms with van der Waals surface area (Å²) in [6.07, 6.45) is -9.14. The molecule has 0 aliphatic carbocycles. The normalized spacial score (nSPS) is 12.5. The molecule has 0 aliphatic rings. The Morgan fingerprint density at radius 1 is 0.656 bits per heavy atom. The molecule has 3 aromatic rings. The van der Waals surface area contributed by atoms with Crippen molar-refractivity contribution in [3.05, 3.63) is 83.9 Å². The molecule has 32 heavy (non-hydrogen) atoms. The van der Waals surface area contributed by atoms with Gasteiger partial charge in [-0.15, -0.1) is 0 Å². The van der Waals surface area contributed by atoms with Crippen molar-refractivity contribution in [1.82, 2.24) is 0 Å². The Hall–Kier alpha value is -1.42. The Morgan fingerprint density at radius 2 is 1.06 bits per heavy atom. The van der Waals surface area contributed by atoms with Gasteiger partial charge in [0.15, 0.2) is 0 Å². The zero-order valence-electron chi connectivity index (χ0n) is 16.3. The number of rotatable bonds is 4. The largest absolute Gasteiger partial charge is 0.416 e. The summed E-state index contributed by atoms with van der Waals surface area (Å²) in [5.41, 5.74) is -1.80. The van der Waals surface area contributed by atoms with Gasteiger partial charge in [0.1, 0.15) is 0 Å². The van der Waals surface area contributed by atoms with E-state index >= 15 is 0 Å².